The Morgan fingerprint density at radius 2 is 1.87 bits per heavy atom. The summed E-state index contributed by atoms with van der Waals surface area (Å²) in [4.78, 5) is 15.7. The van der Waals surface area contributed by atoms with E-state index < -0.39 is 0 Å². The first-order chi connectivity index (χ1) is 11.2. The molecule has 0 saturated heterocycles. The molecule has 2 heterocycles. The molecule has 6 heteroatoms. The zero-order chi connectivity index (χ0) is 16.1. The van der Waals surface area contributed by atoms with E-state index in [1.165, 1.54) is 30.7 Å². The first-order valence-corrected chi connectivity index (χ1v) is 6.91. The Labute approximate surface area is 132 Å². The largest absolute Gasteiger partial charge is 0.316 e. The van der Waals surface area contributed by atoms with Crippen LogP contribution in [0.4, 0.5) is 4.39 Å². The highest BCUT2D eigenvalue weighted by Gasteiger charge is 2.04. The van der Waals surface area contributed by atoms with Crippen LogP contribution >= 0.6 is 0 Å². The average Bonchev–Trinajstić information content (AvgIpc) is 3.05. The minimum absolute atomic E-state index is 0.291. The minimum Gasteiger partial charge on any atom is -0.316 e. The summed E-state index contributed by atoms with van der Waals surface area (Å²) in [5, 5.41) is 3.95. The Morgan fingerprint density at radius 3 is 2.61 bits per heavy atom. The highest BCUT2D eigenvalue weighted by atomic mass is 19.1. The predicted molar refractivity (Wildman–Crippen MR) is 85.0 cm³/mol. The van der Waals surface area contributed by atoms with E-state index in [4.69, 9.17) is 0 Å². The fourth-order valence-electron chi connectivity index (χ4n) is 2.06. The summed E-state index contributed by atoms with van der Waals surface area (Å²) in [6, 6.07) is 13.0. The Hall–Kier alpha value is -3.28. The van der Waals surface area contributed by atoms with Crippen LogP contribution in [0.1, 0.15) is 16.1 Å². The summed E-state index contributed by atoms with van der Waals surface area (Å²) in [6.07, 6.45) is 6.44. The standard InChI is InChI=1S/C17H13FN4O/c18-14-3-5-15(6-4-14)22-11-1-2-16(22)12-20-21-17(23)13-7-9-19-10-8-13/h1-12H,(H,21,23)/b20-12-. The molecule has 3 aromatic rings. The molecular formula is C17H13FN4O. The number of amides is 1. The predicted octanol–water partition coefficient (Wildman–Crippen LogP) is 2.78. The van der Waals surface area contributed by atoms with Gasteiger partial charge in [0.05, 0.1) is 11.9 Å². The van der Waals surface area contributed by atoms with Crippen LogP contribution in [0.2, 0.25) is 0 Å². The van der Waals surface area contributed by atoms with Crippen LogP contribution in [-0.4, -0.2) is 21.7 Å². The molecule has 23 heavy (non-hydrogen) atoms. The fraction of sp³-hybridized carbons (Fsp3) is 0. The molecule has 0 radical (unpaired) electrons. The lowest BCUT2D eigenvalue weighted by Crippen LogP contribution is -2.17. The van der Waals surface area contributed by atoms with Crippen molar-refractivity contribution in [3.05, 3.63) is 84.2 Å². The van der Waals surface area contributed by atoms with Crippen LogP contribution in [0.15, 0.2) is 72.2 Å². The summed E-state index contributed by atoms with van der Waals surface area (Å²) in [7, 11) is 0. The molecule has 0 aliphatic carbocycles. The Bertz CT molecular complexity index is 825. The molecule has 3 rings (SSSR count). The van der Waals surface area contributed by atoms with Gasteiger partial charge in [-0.25, -0.2) is 9.82 Å². The molecule has 1 aromatic carbocycles. The molecule has 1 amide bonds. The molecule has 0 aliphatic heterocycles. The topological polar surface area (TPSA) is 59.3 Å². The van der Waals surface area contributed by atoms with Gasteiger partial charge in [-0.05, 0) is 48.5 Å². The van der Waals surface area contributed by atoms with E-state index in [2.05, 4.69) is 15.5 Å². The van der Waals surface area contributed by atoms with Crippen molar-refractivity contribution in [3.63, 3.8) is 0 Å². The average molecular weight is 308 g/mol. The van der Waals surface area contributed by atoms with Crippen molar-refractivity contribution in [2.45, 2.75) is 0 Å². The molecule has 114 valence electrons. The maximum Gasteiger partial charge on any atom is 0.271 e. The number of carbonyl (C=O) groups is 1. The molecular weight excluding hydrogens is 295 g/mol. The number of benzene rings is 1. The van der Waals surface area contributed by atoms with Crippen molar-refractivity contribution >= 4 is 12.1 Å². The monoisotopic (exact) mass is 308 g/mol. The van der Waals surface area contributed by atoms with Crippen molar-refractivity contribution < 1.29 is 9.18 Å². The Kier molecular flexibility index (Phi) is 4.24. The number of halogens is 1. The van der Waals surface area contributed by atoms with E-state index in [0.29, 0.717) is 5.56 Å². The van der Waals surface area contributed by atoms with Gasteiger partial charge >= 0.3 is 0 Å². The zero-order valence-electron chi connectivity index (χ0n) is 12.1. The lowest BCUT2D eigenvalue weighted by molar-refractivity contribution is 0.0955. The molecule has 5 nitrogen and oxygen atoms in total. The molecule has 0 saturated carbocycles. The van der Waals surface area contributed by atoms with Gasteiger partial charge in [0, 0.05) is 29.8 Å². The number of pyridine rings is 1. The highest BCUT2D eigenvalue weighted by molar-refractivity contribution is 5.94. The lowest BCUT2D eigenvalue weighted by atomic mass is 10.3. The second kappa shape index (κ2) is 6.65. The Morgan fingerprint density at radius 1 is 1.13 bits per heavy atom. The number of carbonyl (C=O) groups excluding carboxylic acids is 1. The third kappa shape index (κ3) is 3.49. The zero-order valence-corrected chi connectivity index (χ0v) is 12.1. The van der Waals surface area contributed by atoms with Gasteiger partial charge in [-0.1, -0.05) is 0 Å². The van der Waals surface area contributed by atoms with E-state index in [0.717, 1.165) is 11.4 Å². The maximum absolute atomic E-state index is 13.0. The van der Waals surface area contributed by atoms with Crippen LogP contribution in [-0.2, 0) is 0 Å². The normalized spacial score (nSPS) is 10.8. The number of aromatic nitrogens is 2. The van der Waals surface area contributed by atoms with Crippen LogP contribution in [0.25, 0.3) is 5.69 Å². The van der Waals surface area contributed by atoms with Gasteiger partial charge in [-0.2, -0.15) is 5.10 Å². The van der Waals surface area contributed by atoms with Gasteiger partial charge in [-0.3, -0.25) is 9.78 Å². The van der Waals surface area contributed by atoms with Crippen molar-refractivity contribution in [2.24, 2.45) is 5.10 Å². The molecule has 0 unspecified atom stereocenters. The number of hydrazone groups is 1. The third-order valence-corrected chi connectivity index (χ3v) is 3.19. The summed E-state index contributed by atoms with van der Waals surface area (Å²) < 4.78 is 14.8. The smallest absolute Gasteiger partial charge is 0.271 e. The van der Waals surface area contributed by atoms with E-state index in [1.54, 1.807) is 24.3 Å². The number of rotatable bonds is 4. The van der Waals surface area contributed by atoms with Crippen LogP contribution in [0.3, 0.4) is 0 Å². The molecule has 2 aromatic heterocycles. The lowest BCUT2D eigenvalue weighted by Gasteiger charge is -2.06. The first-order valence-electron chi connectivity index (χ1n) is 6.91. The van der Waals surface area contributed by atoms with E-state index in [1.807, 2.05) is 22.9 Å². The van der Waals surface area contributed by atoms with Gasteiger partial charge in [0.1, 0.15) is 5.82 Å². The van der Waals surface area contributed by atoms with Crippen molar-refractivity contribution in [2.75, 3.05) is 0 Å². The highest BCUT2D eigenvalue weighted by Crippen LogP contribution is 2.12. The Balaban J connectivity index is 1.73. The van der Waals surface area contributed by atoms with E-state index in [9.17, 15) is 9.18 Å². The van der Waals surface area contributed by atoms with Crippen molar-refractivity contribution in [1.29, 1.82) is 0 Å². The molecule has 0 spiro atoms. The summed E-state index contributed by atoms with van der Waals surface area (Å²) in [6.45, 7) is 0. The fourth-order valence-corrected chi connectivity index (χ4v) is 2.06. The molecule has 0 fully saturated rings. The third-order valence-electron chi connectivity index (χ3n) is 3.19. The first kappa shape index (κ1) is 14.6. The number of hydrogen-bond acceptors (Lipinski definition) is 3. The molecule has 0 atom stereocenters. The van der Waals surface area contributed by atoms with Gasteiger partial charge in [0.2, 0.25) is 0 Å². The summed E-state index contributed by atoms with van der Waals surface area (Å²) in [5.41, 5.74) is 4.49. The van der Waals surface area contributed by atoms with Crippen LogP contribution in [0, 0.1) is 5.82 Å². The van der Waals surface area contributed by atoms with Crippen LogP contribution in [0.5, 0.6) is 0 Å². The van der Waals surface area contributed by atoms with Gasteiger partial charge < -0.3 is 4.57 Å². The molecule has 0 aliphatic rings. The number of hydrogen-bond donors (Lipinski definition) is 1. The number of nitrogens with zero attached hydrogens (tertiary/aromatic N) is 3. The van der Waals surface area contributed by atoms with Gasteiger partial charge in [0.15, 0.2) is 0 Å². The SMILES string of the molecule is O=C(N/N=C\c1cccn1-c1ccc(F)cc1)c1ccncc1. The summed E-state index contributed by atoms with van der Waals surface area (Å²) >= 11 is 0. The van der Waals surface area contributed by atoms with Crippen LogP contribution < -0.4 is 5.43 Å². The molecule has 1 N–H and O–H groups in total. The van der Waals surface area contributed by atoms with Crippen molar-refractivity contribution in [3.8, 4) is 5.69 Å². The quantitative estimate of drug-likeness (QED) is 0.595. The van der Waals surface area contributed by atoms with Gasteiger partial charge in [-0.15, -0.1) is 0 Å². The second-order valence-corrected chi connectivity index (χ2v) is 4.71. The number of nitrogens with one attached hydrogen (secondary N) is 1. The van der Waals surface area contributed by atoms with E-state index >= 15 is 0 Å². The minimum atomic E-state index is -0.316. The maximum atomic E-state index is 13.0. The summed E-state index contributed by atoms with van der Waals surface area (Å²) in [5.74, 6) is -0.607. The van der Waals surface area contributed by atoms with Gasteiger partial charge in [0.25, 0.3) is 5.91 Å². The second-order valence-electron chi connectivity index (χ2n) is 4.71. The molecule has 0 bridgehead atoms. The van der Waals surface area contributed by atoms with Crippen molar-refractivity contribution in [1.82, 2.24) is 15.0 Å². The van der Waals surface area contributed by atoms with E-state index in [-0.39, 0.29) is 11.7 Å².